The zero-order chi connectivity index (χ0) is 22.5. The second kappa shape index (κ2) is 10.0. The van der Waals surface area contributed by atoms with Gasteiger partial charge in [0.1, 0.15) is 18.0 Å². The van der Waals surface area contributed by atoms with Gasteiger partial charge in [0.2, 0.25) is 0 Å². The Balaban J connectivity index is 1.53. The Labute approximate surface area is 196 Å². The van der Waals surface area contributed by atoms with Crippen molar-refractivity contribution in [2.24, 2.45) is 4.99 Å². The molecule has 1 aliphatic rings. The molecule has 1 saturated heterocycles. The van der Waals surface area contributed by atoms with Crippen LogP contribution >= 0.6 is 23.4 Å². The molecule has 7 heteroatoms. The fraction of sp³-hybridized carbons (Fsp3) is 0.160. The van der Waals surface area contributed by atoms with E-state index in [4.69, 9.17) is 16.3 Å². The molecule has 4 rings (SSSR count). The van der Waals surface area contributed by atoms with Crippen molar-refractivity contribution >= 4 is 46.2 Å². The fourth-order valence-electron chi connectivity index (χ4n) is 3.13. The van der Waals surface area contributed by atoms with E-state index in [-0.39, 0.29) is 5.91 Å². The van der Waals surface area contributed by atoms with Crippen LogP contribution in [0, 0.1) is 6.92 Å². The minimum Gasteiger partial charge on any atom is -0.489 e. The summed E-state index contributed by atoms with van der Waals surface area (Å²) in [7, 11) is 0. The number of amidine groups is 1. The number of aliphatic imine (C=N–C) groups is 1. The van der Waals surface area contributed by atoms with Gasteiger partial charge in [-0.2, -0.15) is 0 Å². The van der Waals surface area contributed by atoms with Crippen LogP contribution in [-0.4, -0.2) is 27.5 Å². The lowest BCUT2D eigenvalue weighted by Crippen LogP contribution is -2.28. The summed E-state index contributed by atoms with van der Waals surface area (Å²) in [4.78, 5) is 23.8. The Morgan fingerprint density at radius 2 is 1.97 bits per heavy atom. The molecule has 0 saturated carbocycles. The number of aryl methyl sites for hydroxylation is 1. The van der Waals surface area contributed by atoms with Crippen molar-refractivity contribution in [3.05, 3.63) is 93.6 Å². The third kappa shape index (κ3) is 5.21. The van der Waals surface area contributed by atoms with Gasteiger partial charge < -0.3 is 4.74 Å². The largest absolute Gasteiger partial charge is 0.489 e. The Hall–Kier alpha value is -3.09. The summed E-state index contributed by atoms with van der Waals surface area (Å²) in [5, 5.41) is 0.894. The van der Waals surface area contributed by atoms with Crippen LogP contribution in [0.4, 0.5) is 5.69 Å². The molecule has 1 aromatic heterocycles. The Morgan fingerprint density at radius 1 is 1.16 bits per heavy atom. The number of carbonyl (C=O) groups is 1. The number of amides is 1. The number of nitrogens with zero attached hydrogens (tertiary/aromatic N) is 3. The molecule has 0 N–H and O–H groups in total. The van der Waals surface area contributed by atoms with Gasteiger partial charge in [-0.1, -0.05) is 53.6 Å². The predicted octanol–water partition coefficient (Wildman–Crippen LogP) is 6.25. The van der Waals surface area contributed by atoms with Crippen LogP contribution in [0.25, 0.3) is 6.08 Å². The van der Waals surface area contributed by atoms with Crippen molar-refractivity contribution in [2.45, 2.75) is 20.5 Å². The maximum atomic E-state index is 12.9. The number of benzene rings is 2. The third-order valence-corrected chi connectivity index (χ3v) is 6.14. The zero-order valence-corrected chi connectivity index (χ0v) is 19.4. The van der Waals surface area contributed by atoms with Crippen molar-refractivity contribution < 1.29 is 9.53 Å². The number of halogens is 1. The van der Waals surface area contributed by atoms with Crippen molar-refractivity contribution in [3.63, 3.8) is 0 Å². The maximum Gasteiger partial charge on any atom is 0.266 e. The first-order valence-electron chi connectivity index (χ1n) is 10.2. The number of rotatable bonds is 6. The van der Waals surface area contributed by atoms with Gasteiger partial charge >= 0.3 is 0 Å². The van der Waals surface area contributed by atoms with E-state index in [0.717, 1.165) is 16.9 Å². The number of pyridine rings is 1. The molecule has 32 heavy (non-hydrogen) atoms. The molecule has 2 heterocycles. The number of hydrogen-bond acceptors (Lipinski definition) is 5. The van der Waals surface area contributed by atoms with E-state index in [0.29, 0.717) is 34.1 Å². The molecule has 2 aromatic carbocycles. The number of hydrogen-bond donors (Lipinski definition) is 0. The van der Waals surface area contributed by atoms with Crippen molar-refractivity contribution in [2.75, 3.05) is 6.54 Å². The standard InChI is InChI=1S/C25H22ClN3O2S/c1-3-29-24(30)22(32-25(29)28-21-8-5-13-27-23(21)26)15-19-6-4-7-20(14-19)31-16-18-11-9-17(2)10-12-18/h4-15H,3,16H2,1-2H3/b22-15-,28-25?. The quantitative estimate of drug-likeness (QED) is 0.320. The smallest absolute Gasteiger partial charge is 0.266 e. The van der Waals surface area contributed by atoms with Gasteiger partial charge in [0.25, 0.3) is 5.91 Å². The number of carbonyl (C=O) groups excluding carboxylic acids is 1. The predicted molar refractivity (Wildman–Crippen MR) is 131 cm³/mol. The molecule has 0 bridgehead atoms. The number of likely N-dealkylation sites (N-methyl/N-ethyl adjacent to an activating group) is 1. The first-order chi connectivity index (χ1) is 15.5. The average Bonchev–Trinajstić information content (AvgIpc) is 3.09. The highest BCUT2D eigenvalue weighted by atomic mass is 35.5. The zero-order valence-electron chi connectivity index (χ0n) is 17.8. The summed E-state index contributed by atoms with van der Waals surface area (Å²) in [6.07, 6.45) is 3.47. The van der Waals surface area contributed by atoms with Gasteiger partial charge in [0.15, 0.2) is 10.3 Å². The lowest BCUT2D eigenvalue weighted by Gasteiger charge is -2.12. The van der Waals surface area contributed by atoms with Crippen LogP contribution in [0.15, 0.2) is 76.8 Å². The number of ether oxygens (including phenoxy) is 1. The van der Waals surface area contributed by atoms with E-state index in [9.17, 15) is 4.79 Å². The fourth-order valence-corrected chi connectivity index (χ4v) is 4.35. The van der Waals surface area contributed by atoms with E-state index in [1.54, 1.807) is 23.2 Å². The topological polar surface area (TPSA) is 54.8 Å². The normalized spacial score (nSPS) is 16.2. The highest BCUT2D eigenvalue weighted by molar-refractivity contribution is 8.18. The van der Waals surface area contributed by atoms with Gasteiger partial charge in [-0.3, -0.25) is 9.69 Å². The molecule has 0 unspecified atom stereocenters. The third-order valence-electron chi connectivity index (χ3n) is 4.84. The Morgan fingerprint density at radius 3 is 2.72 bits per heavy atom. The lowest BCUT2D eigenvalue weighted by molar-refractivity contribution is -0.122. The minimum absolute atomic E-state index is 0.0813. The summed E-state index contributed by atoms with van der Waals surface area (Å²) in [5.41, 5.74) is 3.75. The molecule has 162 valence electrons. The van der Waals surface area contributed by atoms with Crippen LogP contribution < -0.4 is 4.74 Å². The van der Waals surface area contributed by atoms with E-state index >= 15 is 0 Å². The average molecular weight is 464 g/mol. The first kappa shape index (κ1) is 22.1. The summed E-state index contributed by atoms with van der Waals surface area (Å²) < 4.78 is 5.94. The molecular formula is C25H22ClN3O2S. The molecule has 0 radical (unpaired) electrons. The van der Waals surface area contributed by atoms with Crippen LogP contribution in [0.3, 0.4) is 0 Å². The van der Waals surface area contributed by atoms with Gasteiger partial charge in [-0.25, -0.2) is 9.98 Å². The van der Waals surface area contributed by atoms with Crippen molar-refractivity contribution in [1.82, 2.24) is 9.88 Å². The number of thioether (sulfide) groups is 1. The summed E-state index contributed by atoms with van der Waals surface area (Å²) in [6, 6.07) is 19.5. The molecule has 1 fully saturated rings. The molecule has 0 spiro atoms. The van der Waals surface area contributed by atoms with E-state index in [1.165, 1.54) is 17.3 Å². The van der Waals surface area contributed by atoms with Gasteiger partial charge in [-0.05, 0) is 67.1 Å². The SMILES string of the molecule is CCN1C(=O)/C(=C/c2cccc(OCc3ccc(C)cc3)c2)SC1=Nc1cccnc1Cl. The van der Waals surface area contributed by atoms with E-state index in [1.807, 2.05) is 37.3 Å². The molecule has 3 aromatic rings. The van der Waals surface area contributed by atoms with Crippen molar-refractivity contribution in [1.29, 1.82) is 0 Å². The summed E-state index contributed by atoms with van der Waals surface area (Å²) in [5.74, 6) is 0.668. The number of aromatic nitrogens is 1. The Bertz CT molecular complexity index is 1190. The van der Waals surface area contributed by atoms with Gasteiger partial charge in [0, 0.05) is 12.7 Å². The summed E-state index contributed by atoms with van der Waals surface area (Å²) in [6.45, 7) is 4.98. The molecular weight excluding hydrogens is 442 g/mol. The van der Waals surface area contributed by atoms with Crippen molar-refractivity contribution in [3.8, 4) is 5.75 Å². The monoisotopic (exact) mass is 463 g/mol. The van der Waals surface area contributed by atoms with Gasteiger partial charge in [0.05, 0.1) is 4.91 Å². The molecule has 0 aliphatic carbocycles. The molecule has 5 nitrogen and oxygen atoms in total. The van der Waals surface area contributed by atoms with Crippen LogP contribution in [0.1, 0.15) is 23.6 Å². The van der Waals surface area contributed by atoms with Crippen LogP contribution in [0.2, 0.25) is 5.15 Å². The maximum absolute atomic E-state index is 12.9. The second-order valence-corrected chi connectivity index (χ2v) is 8.58. The Kier molecular flexibility index (Phi) is 6.93. The molecule has 1 amide bonds. The minimum atomic E-state index is -0.0813. The van der Waals surface area contributed by atoms with E-state index in [2.05, 4.69) is 41.2 Å². The summed E-state index contributed by atoms with van der Waals surface area (Å²) >= 11 is 7.46. The molecule has 0 atom stereocenters. The molecule has 1 aliphatic heterocycles. The van der Waals surface area contributed by atoms with Gasteiger partial charge in [-0.15, -0.1) is 0 Å². The highest BCUT2D eigenvalue weighted by Crippen LogP contribution is 2.35. The lowest BCUT2D eigenvalue weighted by atomic mass is 10.1. The van der Waals surface area contributed by atoms with Crippen LogP contribution in [-0.2, 0) is 11.4 Å². The highest BCUT2D eigenvalue weighted by Gasteiger charge is 2.32. The van der Waals surface area contributed by atoms with E-state index < -0.39 is 0 Å². The van der Waals surface area contributed by atoms with Crippen LogP contribution in [0.5, 0.6) is 5.75 Å². The second-order valence-electron chi connectivity index (χ2n) is 7.21. The first-order valence-corrected chi connectivity index (χ1v) is 11.4.